The maximum atomic E-state index is 12.2. The molecule has 2 heterocycles. The molecule has 6 heteroatoms. The van der Waals surface area contributed by atoms with Crippen LogP contribution in [0.4, 0.5) is 0 Å². The summed E-state index contributed by atoms with van der Waals surface area (Å²) in [4.78, 5) is 25.6. The molecule has 1 atom stereocenters. The van der Waals surface area contributed by atoms with Crippen molar-refractivity contribution in [1.82, 2.24) is 10.2 Å². The van der Waals surface area contributed by atoms with Crippen molar-refractivity contribution in [1.29, 1.82) is 0 Å². The Morgan fingerprint density at radius 2 is 2.25 bits per heavy atom. The molecule has 0 aliphatic carbocycles. The molecule has 20 heavy (non-hydrogen) atoms. The molecule has 0 saturated heterocycles. The Morgan fingerprint density at radius 1 is 1.45 bits per heavy atom. The van der Waals surface area contributed by atoms with Gasteiger partial charge in [-0.1, -0.05) is 0 Å². The summed E-state index contributed by atoms with van der Waals surface area (Å²) in [6, 6.07) is 2.95. The lowest BCUT2D eigenvalue weighted by Gasteiger charge is -2.21. The zero-order valence-electron chi connectivity index (χ0n) is 11.3. The first-order valence-corrected chi connectivity index (χ1v) is 7.11. The molecular weight excluding hydrogens is 276 g/mol. The van der Waals surface area contributed by atoms with E-state index >= 15 is 0 Å². The highest BCUT2D eigenvalue weighted by atomic mass is 32.1. The predicted octanol–water partition coefficient (Wildman–Crippen LogP) is 2.12. The number of carbonyl (C=O) groups is 2. The Hall–Kier alpha value is -2.08. The Balaban J connectivity index is 1.89. The number of hydrogen-bond acceptors (Lipinski definition) is 4. The van der Waals surface area contributed by atoms with Crippen molar-refractivity contribution >= 4 is 23.2 Å². The molecule has 5 nitrogen and oxygen atoms in total. The molecule has 2 rings (SSSR count). The van der Waals surface area contributed by atoms with Crippen LogP contribution in [-0.2, 0) is 11.3 Å². The Morgan fingerprint density at radius 3 is 2.85 bits per heavy atom. The third kappa shape index (κ3) is 3.48. The van der Waals surface area contributed by atoms with E-state index in [4.69, 9.17) is 4.42 Å². The zero-order chi connectivity index (χ0) is 14.5. The van der Waals surface area contributed by atoms with E-state index < -0.39 is 6.04 Å². The fourth-order valence-corrected chi connectivity index (χ4v) is 2.46. The molecule has 0 unspecified atom stereocenters. The number of thiophene rings is 1. The number of amides is 2. The molecule has 0 radical (unpaired) electrons. The minimum atomic E-state index is -0.582. The molecule has 2 aromatic heterocycles. The summed E-state index contributed by atoms with van der Waals surface area (Å²) in [6.45, 7) is 2.21. The second-order valence-electron chi connectivity index (χ2n) is 4.53. The molecule has 2 amide bonds. The Bertz CT molecular complexity index is 563. The van der Waals surface area contributed by atoms with Crippen molar-refractivity contribution < 1.29 is 14.0 Å². The molecular formula is C14H16N2O3S. The van der Waals surface area contributed by atoms with Gasteiger partial charge in [0.2, 0.25) is 5.91 Å². The highest BCUT2D eigenvalue weighted by Crippen LogP contribution is 2.09. The van der Waals surface area contributed by atoms with Crippen molar-refractivity contribution in [3.05, 3.63) is 46.5 Å². The lowest BCUT2D eigenvalue weighted by Crippen LogP contribution is -2.45. The quantitative estimate of drug-likeness (QED) is 0.918. The smallest absolute Gasteiger partial charge is 0.255 e. The molecule has 1 N–H and O–H groups in total. The summed E-state index contributed by atoms with van der Waals surface area (Å²) in [7, 11) is 1.72. The van der Waals surface area contributed by atoms with Gasteiger partial charge in [0, 0.05) is 13.6 Å². The molecule has 0 bridgehead atoms. The molecule has 106 valence electrons. The van der Waals surface area contributed by atoms with Crippen molar-refractivity contribution in [3.8, 4) is 0 Å². The molecule has 2 aromatic rings. The van der Waals surface area contributed by atoms with Crippen LogP contribution in [0.5, 0.6) is 0 Å². The van der Waals surface area contributed by atoms with Crippen LogP contribution in [0.2, 0.25) is 0 Å². The first-order chi connectivity index (χ1) is 9.58. The zero-order valence-corrected chi connectivity index (χ0v) is 12.1. The van der Waals surface area contributed by atoms with Crippen LogP contribution in [0.1, 0.15) is 22.8 Å². The number of carbonyl (C=O) groups excluding carboxylic acids is 2. The number of likely N-dealkylation sites (N-methyl/N-ethyl adjacent to an activating group) is 1. The monoisotopic (exact) mass is 292 g/mol. The number of furan rings is 1. The number of nitrogens with one attached hydrogen (secondary N) is 1. The summed E-state index contributed by atoms with van der Waals surface area (Å²) < 4.78 is 4.84. The summed E-state index contributed by atoms with van der Waals surface area (Å²) in [5, 5.41) is 6.62. The largest absolute Gasteiger partial charge is 0.472 e. The number of nitrogens with zero attached hydrogens (tertiary/aromatic N) is 1. The lowest BCUT2D eigenvalue weighted by atomic mass is 10.2. The number of rotatable bonds is 5. The van der Waals surface area contributed by atoms with Gasteiger partial charge in [-0.3, -0.25) is 9.59 Å². The van der Waals surface area contributed by atoms with Crippen LogP contribution >= 0.6 is 11.3 Å². The van der Waals surface area contributed by atoms with Crippen LogP contribution in [0.25, 0.3) is 0 Å². The maximum Gasteiger partial charge on any atom is 0.255 e. The van der Waals surface area contributed by atoms with E-state index in [1.807, 2.05) is 16.8 Å². The molecule has 0 aliphatic heterocycles. The van der Waals surface area contributed by atoms with Crippen molar-refractivity contribution in [2.24, 2.45) is 0 Å². The second-order valence-corrected chi connectivity index (χ2v) is 5.31. The minimum absolute atomic E-state index is 0.131. The maximum absolute atomic E-state index is 12.2. The lowest BCUT2D eigenvalue weighted by molar-refractivity contribution is -0.132. The topological polar surface area (TPSA) is 62.6 Å². The molecule has 0 aliphatic rings. The minimum Gasteiger partial charge on any atom is -0.472 e. The Kier molecular flexibility index (Phi) is 4.57. The van der Waals surface area contributed by atoms with E-state index in [1.165, 1.54) is 12.5 Å². The third-order valence-electron chi connectivity index (χ3n) is 2.88. The number of hydrogen-bond donors (Lipinski definition) is 1. The SMILES string of the molecule is C[C@@H](NC(=O)c1ccoc1)C(=O)N(C)Cc1ccsc1. The highest BCUT2D eigenvalue weighted by molar-refractivity contribution is 7.07. The van der Waals surface area contributed by atoms with E-state index in [-0.39, 0.29) is 11.8 Å². The van der Waals surface area contributed by atoms with Crippen molar-refractivity contribution in [3.63, 3.8) is 0 Å². The van der Waals surface area contributed by atoms with E-state index in [0.29, 0.717) is 12.1 Å². The van der Waals surface area contributed by atoms with E-state index in [2.05, 4.69) is 5.32 Å². The van der Waals surface area contributed by atoms with Gasteiger partial charge in [-0.25, -0.2) is 0 Å². The van der Waals surface area contributed by atoms with Gasteiger partial charge in [-0.05, 0) is 35.4 Å². The van der Waals surface area contributed by atoms with Gasteiger partial charge in [0.15, 0.2) is 0 Å². The van der Waals surface area contributed by atoms with Crippen LogP contribution in [-0.4, -0.2) is 29.8 Å². The first kappa shape index (κ1) is 14.3. The second kappa shape index (κ2) is 6.38. The fourth-order valence-electron chi connectivity index (χ4n) is 1.80. The van der Waals surface area contributed by atoms with Gasteiger partial charge in [0.05, 0.1) is 11.8 Å². The average Bonchev–Trinajstić information content (AvgIpc) is 3.10. The Labute approximate surface area is 121 Å². The van der Waals surface area contributed by atoms with Crippen LogP contribution < -0.4 is 5.32 Å². The molecule has 0 spiro atoms. The van der Waals surface area contributed by atoms with Crippen molar-refractivity contribution in [2.75, 3.05) is 7.05 Å². The van der Waals surface area contributed by atoms with Gasteiger partial charge in [-0.2, -0.15) is 11.3 Å². The van der Waals surface area contributed by atoms with Gasteiger partial charge in [0.1, 0.15) is 12.3 Å². The first-order valence-electron chi connectivity index (χ1n) is 6.17. The summed E-state index contributed by atoms with van der Waals surface area (Å²) in [5.41, 5.74) is 1.49. The predicted molar refractivity (Wildman–Crippen MR) is 76.4 cm³/mol. The summed E-state index contributed by atoms with van der Waals surface area (Å²) in [5.74, 6) is -0.448. The van der Waals surface area contributed by atoms with Crippen LogP contribution in [0.3, 0.4) is 0 Å². The fraction of sp³-hybridized carbons (Fsp3) is 0.286. The van der Waals surface area contributed by atoms with Gasteiger partial charge in [0.25, 0.3) is 5.91 Å². The molecule has 0 saturated carbocycles. The van der Waals surface area contributed by atoms with Crippen LogP contribution in [0, 0.1) is 0 Å². The van der Waals surface area contributed by atoms with Gasteiger partial charge >= 0.3 is 0 Å². The highest BCUT2D eigenvalue weighted by Gasteiger charge is 2.20. The van der Waals surface area contributed by atoms with Crippen LogP contribution in [0.15, 0.2) is 39.8 Å². The van der Waals surface area contributed by atoms with E-state index in [0.717, 1.165) is 5.56 Å². The average molecular weight is 292 g/mol. The van der Waals surface area contributed by atoms with Gasteiger partial charge < -0.3 is 14.6 Å². The standard InChI is InChI=1S/C14H16N2O3S/c1-10(15-13(17)12-3-5-19-8-12)14(18)16(2)7-11-4-6-20-9-11/h3-6,8-10H,7H2,1-2H3,(H,15,17)/t10-/m1/s1. The summed E-state index contributed by atoms with van der Waals surface area (Å²) >= 11 is 1.59. The normalized spacial score (nSPS) is 11.9. The molecule has 0 fully saturated rings. The van der Waals surface area contributed by atoms with Gasteiger partial charge in [-0.15, -0.1) is 0 Å². The summed E-state index contributed by atoms with van der Waals surface area (Å²) in [6.07, 6.45) is 2.77. The van der Waals surface area contributed by atoms with Crippen molar-refractivity contribution in [2.45, 2.75) is 19.5 Å². The third-order valence-corrected chi connectivity index (χ3v) is 3.61. The molecule has 0 aromatic carbocycles. The van der Waals surface area contributed by atoms with E-state index in [9.17, 15) is 9.59 Å². The van der Waals surface area contributed by atoms with E-state index in [1.54, 1.807) is 36.3 Å².